The molecule has 0 fully saturated rings. The van der Waals surface area contributed by atoms with Crippen LogP contribution in [0, 0.1) is 0 Å². The monoisotopic (exact) mass is 250 g/mol. The number of carbonyl (C=O) groups excluding carboxylic acids is 1. The van der Waals surface area contributed by atoms with Gasteiger partial charge in [0, 0.05) is 6.42 Å². The van der Waals surface area contributed by atoms with Crippen molar-refractivity contribution < 1.29 is 4.79 Å². The van der Waals surface area contributed by atoms with Gasteiger partial charge in [0.1, 0.15) is 0 Å². The molecule has 0 aromatic rings. The lowest BCUT2D eigenvalue weighted by molar-refractivity contribution is -0.114. The van der Waals surface area contributed by atoms with Gasteiger partial charge in [-0.25, -0.2) is 0 Å². The van der Waals surface area contributed by atoms with Crippen molar-refractivity contribution in [1.29, 1.82) is 0 Å². The second-order valence-corrected chi connectivity index (χ2v) is 5.65. The van der Waals surface area contributed by atoms with Crippen LogP contribution in [0.15, 0.2) is 12.2 Å². The number of allylic oxidation sites excluding steroid dienone is 2. The lowest BCUT2D eigenvalue weighted by atomic mass is 10.0. The quantitative estimate of drug-likeness (QED) is 0.548. The van der Waals surface area contributed by atoms with E-state index in [1.54, 1.807) is 0 Å². The summed E-state index contributed by atoms with van der Waals surface area (Å²) in [6, 6.07) is 0. The van der Waals surface area contributed by atoms with Gasteiger partial charge in [0.25, 0.3) is 0 Å². The van der Waals surface area contributed by atoms with Crippen molar-refractivity contribution >= 4 is 5.78 Å². The number of hydrogen-bond acceptors (Lipinski definition) is 1. The predicted octanol–water partition coefficient (Wildman–Crippen LogP) is 5.59. The smallest absolute Gasteiger partial charge is 0.155 e. The van der Waals surface area contributed by atoms with E-state index >= 15 is 0 Å². The van der Waals surface area contributed by atoms with Gasteiger partial charge in [-0.3, -0.25) is 4.79 Å². The highest BCUT2D eigenvalue weighted by atomic mass is 16.1. The molecule has 0 aromatic heterocycles. The van der Waals surface area contributed by atoms with Crippen LogP contribution in [0.1, 0.15) is 89.9 Å². The third-order valence-electron chi connectivity index (χ3n) is 3.85. The molecule has 1 nitrogen and oxygen atoms in total. The Morgan fingerprint density at radius 3 is 1.61 bits per heavy atom. The molecule has 0 radical (unpaired) electrons. The van der Waals surface area contributed by atoms with Gasteiger partial charge in [-0.1, -0.05) is 70.3 Å². The molecule has 0 atom stereocenters. The van der Waals surface area contributed by atoms with Gasteiger partial charge in [0.05, 0.1) is 0 Å². The molecule has 0 aliphatic heterocycles. The summed E-state index contributed by atoms with van der Waals surface area (Å²) < 4.78 is 0. The summed E-state index contributed by atoms with van der Waals surface area (Å²) in [6.45, 7) is 0. The molecule has 0 saturated heterocycles. The van der Waals surface area contributed by atoms with E-state index in [-0.39, 0.29) is 0 Å². The van der Waals surface area contributed by atoms with Gasteiger partial charge in [0.2, 0.25) is 0 Å². The maximum Gasteiger partial charge on any atom is 0.155 e. The molecule has 0 N–H and O–H groups in total. The fourth-order valence-electron chi connectivity index (χ4n) is 2.63. The minimum atomic E-state index is 0.333. The first-order valence-electron chi connectivity index (χ1n) is 8.09. The van der Waals surface area contributed by atoms with Crippen LogP contribution < -0.4 is 0 Å². The molecule has 0 unspecified atom stereocenters. The zero-order valence-corrected chi connectivity index (χ0v) is 12.0. The Labute approximate surface area is 113 Å². The first-order valence-corrected chi connectivity index (χ1v) is 8.09. The Kier molecular flexibility index (Phi) is 9.88. The Morgan fingerprint density at radius 1 is 0.611 bits per heavy atom. The molecule has 0 amide bonds. The van der Waals surface area contributed by atoms with E-state index in [0.29, 0.717) is 5.78 Å². The number of hydrogen-bond donors (Lipinski definition) is 0. The fraction of sp³-hybridized carbons (Fsp3) is 0.824. The number of rotatable bonds is 0. The van der Waals surface area contributed by atoms with E-state index in [1.807, 2.05) is 6.08 Å². The van der Waals surface area contributed by atoms with Gasteiger partial charge in [-0.2, -0.15) is 0 Å². The zero-order valence-electron chi connectivity index (χ0n) is 12.0. The van der Waals surface area contributed by atoms with E-state index in [4.69, 9.17) is 0 Å². The molecule has 0 bridgehead atoms. The molecule has 104 valence electrons. The standard InChI is InChI=1S/C17H30O/c18-17-15-13-11-9-7-5-3-1-2-4-6-8-10-12-14-16-17/h13,15H,1-12,14,16H2/b15-13-. The maximum absolute atomic E-state index is 11.5. The average molecular weight is 250 g/mol. The zero-order chi connectivity index (χ0) is 12.9. The van der Waals surface area contributed by atoms with Crippen molar-refractivity contribution in [2.24, 2.45) is 0 Å². The van der Waals surface area contributed by atoms with E-state index in [1.165, 1.54) is 70.6 Å². The van der Waals surface area contributed by atoms with Gasteiger partial charge in [-0.05, 0) is 25.3 Å². The minimum Gasteiger partial charge on any atom is -0.295 e. The predicted molar refractivity (Wildman–Crippen MR) is 78.8 cm³/mol. The largest absolute Gasteiger partial charge is 0.295 e. The van der Waals surface area contributed by atoms with Crippen LogP contribution in [0.4, 0.5) is 0 Å². The van der Waals surface area contributed by atoms with Gasteiger partial charge in [-0.15, -0.1) is 0 Å². The summed E-state index contributed by atoms with van der Waals surface area (Å²) >= 11 is 0. The van der Waals surface area contributed by atoms with Crippen molar-refractivity contribution in [3.05, 3.63) is 12.2 Å². The molecular formula is C17H30O. The normalized spacial score (nSPS) is 24.3. The third-order valence-corrected chi connectivity index (χ3v) is 3.85. The molecule has 1 heteroatoms. The Bertz CT molecular complexity index is 230. The fourth-order valence-corrected chi connectivity index (χ4v) is 2.63. The second-order valence-electron chi connectivity index (χ2n) is 5.65. The van der Waals surface area contributed by atoms with Gasteiger partial charge < -0.3 is 0 Å². The lowest BCUT2D eigenvalue weighted by Crippen LogP contribution is -1.92. The molecule has 1 aliphatic rings. The molecule has 1 rings (SSSR count). The molecule has 0 aromatic carbocycles. The molecule has 0 saturated carbocycles. The lowest BCUT2D eigenvalue weighted by Gasteiger charge is -2.02. The summed E-state index contributed by atoms with van der Waals surface area (Å²) in [5.41, 5.74) is 0. The van der Waals surface area contributed by atoms with E-state index in [9.17, 15) is 4.79 Å². The Balaban J connectivity index is 2.18. The van der Waals surface area contributed by atoms with Crippen LogP contribution in [0.5, 0.6) is 0 Å². The molecule has 0 spiro atoms. The minimum absolute atomic E-state index is 0.333. The highest BCUT2D eigenvalue weighted by molar-refractivity contribution is 5.89. The molecule has 1 aliphatic carbocycles. The number of carbonyl (C=O) groups is 1. The Hall–Kier alpha value is -0.590. The molecule has 18 heavy (non-hydrogen) atoms. The maximum atomic E-state index is 11.5. The Morgan fingerprint density at radius 2 is 1.06 bits per heavy atom. The van der Waals surface area contributed by atoms with Crippen molar-refractivity contribution in [3.8, 4) is 0 Å². The van der Waals surface area contributed by atoms with E-state index in [0.717, 1.165) is 19.3 Å². The van der Waals surface area contributed by atoms with Crippen molar-refractivity contribution in [3.63, 3.8) is 0 Å². The van der Waals surface area contributed by atoms with Gasteiger partial charge >= 0.3 is 0 Å². The summed E-state index contributed by atoms with van der Waals surface area (Å²) in [5.74, 6) is 0.333. The summed E-state index contributed by atoms with van der Waals surface area (Å²) in [5, 5.41) is 0. The molecule has 0 heterocycles. The molecular weight excluding hydrogens is 220 g/mol. The van der Waals surface area contributed by atoms with Crippen LogP contribution in [0.2, 0.25) is 0 Å². The van der Waals surface area contributed by atoms with Crippen molar-refractivity contribution in [2.45, 2.75) is 89.9 Å². The van der Waals surface area contributed by atoms with Crippen LogP contribution in [0.25, 0.3) is 0 Å². The summed E-state index contributed by atoms with van der Waals surface area (Å²) in [6.07, 6.45) is 21.8. The third kappa shape index (κ3) is 9.44. The SMILES string of the molecule is O=C1/C=C\CCCCCCCCCCCCCC1. The number of ketones is 1. The summed E-state index contributed by atoms with van der Waals surface area (Å²) in [4.78, 5) is 11.5. The van der Waals surface area contributed by atoms with Crippen molar-refractivity contribution in [1.82, 2.24) is 0 Å². The van der Waals surface area contributed by atoms with E-state index < -0.39 is 0 Å². The van der Waals surface area contributed by atoms with Crippen LogP contribution >= 0.6 is 0 Å². The summed E-state index contributed by atoms with van der Waals surface area (Å²) in [7, 11) is 0. The van der Waals surface area contributed by atoms with E-state index in [2.05, 4.69) is 6.08 Å². The average Bonchev–Trinajstić information content (AvgIpc) is 2.37. The van der Waals surface area contributed by atoms with Crippen LogP contribution in [-0.2, 0) is 4.79 Å². The first-order chi connectivity index (χ1) is 8.89. The topological polar surface area (TPSA) is 17.1 Å². The van der Waals surface area contributed by atoms with Crippen LogP contribution in [0.3, 0.4) is 0 Å². The first kappa shape index (κ1) is 15.5. The van der Waals surface area contributed by atoms with Gasteiger partial charge in [0.15, 0.2) is 5.78 Å². The second kappa shape index (κ2) is 11.5. The highest BCUT2D eigenvalue weighted by Gasteiger charge is 1.98. The highest BCUT2D eigenvalue weighted by Crippen LogP contribution is 2.13. The van der Waals surface area contributed by atoms with Crippen molar-refractivity contribution in [2.75, 3.05) is 0 Å². The van der Waals surface area contributed by atoms with Crippen LogP contribution in [-0.4, -0.2) is 5.78 Å².